The van der Waals surface area contributed by atoms with Crippen molar-refractivity contribution in [2.24, 2.45) is 0 Å². The first-order chi connectivity index (χ1) is 7.13. The maximum atomic E-state index is 5.30. The van der Waals surface area contributed by atoms with Crippen LogP contribution >= 0.6 is 0 Å². The number of nitrogens with one attached hydrogen (secondary N) is 1. The van der Waals surface area contributed by atoms with Crippen molar-refractivity contribution in [2.45, 2.75) is 37.8 Å². The van der Waals surface area contributed by atoms with Gasteiger partial charge in [0.05, 0.1) is 7.11 Å². The third-order valence-corrected chi connectivity index (χ3v) is 3.92. The molecule has 2 atom stereocenters. The molecule has 2 nitrogen and oxygen atoms in total. The molecule has 0 saturated carbocycles. The van der Waals surface area contributed by atoms with E-state index < -0.39 is 0 Å². The summed E-state index contributed by atoms with van der Waals surface area (Å²) in [6, 6.07) is 7.85. The highest BCUT2D eigenvalue weighted by Gasteiger charge is 2.51. The molecule has 0 unspecified atom stereocenters. The number of hydrogen-bond donors (Lipinski definition) is 1. The van der Waals surface area contributed by atoms with Crippen LogP contribution in [0.4, 0.5) is 0 Å². The van der Waals surface area contributed by atoms with E-state index in [-0.39, 0.29) is 5.41 Å². The number of fused-ring (bicyclic) bond motifs is 2. The largest absolute Gasteiger partial charge is 0.497 e. The number of benzene rings is 1. The van der Waals surface area contributed by atoms with Gasteiger partial charge in [0, 0.05) is 17.5 Å². The van der Waals surface area contributed by atoms with Gasteiger partial charge in [-0.3, -0.25) is 0 Å². The molecule has 1 N–H and O–H groups in total. The Morgan fingerprint density at radius 3 is 2.93 bits per heavy atom. The van der Waals surface area contributed by atoms with Gasteiger partial charge >= 0.3 is 0 Å². The van der Waals surface area contributed by atoms with Crippen molar-refractivity contribution in [3.05, 3.63) is 29.3 Å². The first-order valence-corrected chi connectivity index (χ1v) is 5.56. The van der Waals surface area contributed by atoms with Crippen LogP contribution in [-0.4, -0.2) is 19.2 Å². The zero-order valence-electron chi connectivity index (χ0n) is 9.50. The van der Waals surface area contributed by atoms with Crippen LogP contribution in [0.15, 0.2) is 18.2 Å². The van der Waals surface area contributed by atoms with Gasteiger partial charge in [0.2, 0.25) is 0 Å². The van der Waals surface area contributed by atoms with Gasteiger partial charge in [-0.25, -0.2) is 0 Å². The molecule has 1 aromatic rings. The van der Waals surface area contributed by atoms with Gasteiger partial charge in [-0.1, -0.05) is 19.9 Å². The summed E-state index contributed by atoms with van der Waals surface area (Å²) in [7, 11) is 1.73. The summed E-state index contributed by atoms with van der Waals surface area (Å²) < 4.78 is 5.30. The lowest BCUT2D eigenvalue weighted by molar-refractivity contribution is 0.409. The molecule has 15 heavy (non-hydrogen) atoms. The SMILES string of the molecule is COc1ccc2c(c1)C(C)(C)[C@@H]1N[C@@H]1C2. The van der Waals surface area contributed by atoms with E-state index in [1.54, 1.807) is 7.11 Å². The summed E-state index contributed by atoms with van der Waals surface area (Å²) in [5, 5.41) is 3.56. The zero-order valence-corrected chi connectivity index (χ0v) is 9.50. The van der Waals surface area contributed by atoms with E-state index in [1.165, 1.54) is 17.5 Å². The average Bonchev–Trinajstić information content (AvgIpc) is 2.98. The molecular formula is C13H17NO. The van der Waals surface area contributed by atoms with E-state index in [4.69, 9.17) is 4.74 Å². The lowest BCUT2D eigenvalue weighted by Crippen LogP contribution is -2.32. The molecule has 1 saturated heterocycles. The Hall–Kier alpha value is -1.02. The molecule has 1 aliphatic heterocycles. The number of hydrogen-bond acceptors (Lipinski definition) is 2. The highest BCUT2D eigenvalue weighted by atomic mass is 16.5. The van der Waals surface area contributed by atoms with E-state index in [9.17, 15) is 0 Å². The van der Waals surface area contributed by atoms with Crippen molar-refractivity contribution in [1.82, 2.24) is 5.32 Å². The van der Waals surface area contributed by atoms with Crippen molar-refractivity contribution in [3.8, 4) is 5.75 Å². The molecule has 1 fully saturated rings. The van der Waals surface area contributed by atoms with Crippen LogP contribution in [0.1, 0.15) is 25.0 Å². The summed E-state index contributed by atoms with van der Waals surface area (Å²) in [6.07, 6.45) is 1.17. The third kappa shape index (κ3) is 1.21. The highest BCUT2D eigenvalue weighted by molar-refractivity contribution is 5.46. The minimum atomic E-state index is 0.243. The van der Waals surface area contributed by atoms with Crippen LogP contribution in [0.3, 0.4) is 0 Å². The Morgan fingerprint density at radius 2 is 2.20 bits per heavy atom. The van der Waals surface area contributed by atoms with Crippen LogP contribution < -0.4 is 10.1 Å². The topological polar surface area (TPSA) is 31.2 Å². The zero-order chi connectivity index (χ0) is 10.6. The molecule has 80 valence electrons. The van der Waals surface area contributed by atoms with E-state index in [1.807, 2.05) is 0 Å². The quantitative estimate of drug-likeness (QED) is 0.706. The lowest BCUT2D eigenvalue weighted by Gasteiger charge is -2.31. The molecule has 0 bridgehead atoms. The molecule has 0 aromatic heterocycles. The smallest absolute Gasteiger partial charge is 0.119 e. The Bertz CT molecular complexity index is 411. The summed E-state index contributed by atoms with van der Waals surface area (Å²) in [5.74, 6) is 0.973. The van der Waals surface area contributed by atoms with Crippen molar-refractivity contribution in [3.63, 3.8) is 0 Å². The third-order valence-electron chi connectivity index (χ3n) is 3.92. The van der Waals surface area contributed by atoms with Crippen LogP contribution in [0.25, 0.3) is 0 Å². The van der Waals surface area contributed by atoms with E-state index in [0.717, 1.165) is 5.75 Å². The Labute approximate surface area is 90.6 Å². The van der Waals surface area contributed by atoms with Gasteiger partial charge < -0.3 is 10.1 Å². The fourth-order valence-electron chi connectivity index (χ4n) is 2.93. The Kier molecular flexibility index (Phi) is 1.70. The van der Waals surface area contributed by atoms with Crippen LogP contribution in [-0.2, 0) is 11.8 Å². The number of methoxy groups -OCH3 is 1. The molecule has 0 amide bonds. The average molecular weight is 203 g/mol. The maximum absolute atomic E-state index is 5.30. The molecule has 0 spiro atoms. The van der Waals surface area contributed by atoms with Gasteiger partial charge in [-0.2, -0.15) is 0 Å². The molecule has 2 aliphatic rings. The van der Waals surface area contributed by atoms with Gasteiger partial charge in [0.1, 0.15) is 5.75 Å². The molecule has 1 aliphatic carbocycles. The number of ether oxygens (including phenoxy) is 1. The van der Waals surface area contributed by atoms with Crippen LogP contribution in [0, 0.1) is 0 Å². The fourth-order valence-corrected chi connectivity index (χ4v) is 2.93. The number of rotatable bonds is 1. The summed E-state index contributed by atoms with van der Waals surface area (Å²) in [5.41, 5.74) is 3.17. The summed E-state index contributed by atoms with van der Waals surface area (Å²) in [6.45, 7) is 4.64. The second-order valence-corrected chi connectivity index (χ2v) is 5.20. The van der Waals surface area contributed by atoms with Gasteiger partial charge in [-0.05, 0) is 29.7 Å². The normalized spacial score (nSPS) is 30.3. The Morgan fingerprint density at radius 1 is 1.40 bits per heavy atom. The van der Waals surface area contributed by atoms with Gasteiger partial charge in [0.25, 0.3) is 0 Å². The predicted molar refractivity (Wildman–Crippen MR) is 60.4 cm³/mol. The minimum Gasteiger partial charge on any atom is -0.497 e. The minimum absolute atomic E-state index is 0.243. The second-order valence-electron chi connectivity index (χ2n) is 5.20. The first kappa shape index (κ1) is 9.22. The van der Waals surface area contributed by atoms with Crippen molar-refractivity contribution < 1.29 is 4.74 Å². The van der Waals surface area contributed by atoms with E-state index in [0.29, 0.717) is 12.1 Å². The predicted octanol–water partition coefficient (Wildman–Crippen LogP) is 1.87. The summed E-state index contributed by atoms with van der Waals surface area (Å²) in [4.78, 5) is 0. The molecule has 3 rings (SSSR count). The standard InChI is InChI=1S/C13H17NO/c1-13(2)10-7-9(15-3)5-4-8(10)6-11-12(13)14-11/h4-5,7,11-12,14H,6H2,1-3H3/t11-,12-/m1/s1. The van der Waals surface area contributed by atoms with Crippen LogP contribution in [0.5, 0.6) is 5.75 Å². The molecule has 2 heteroatoms. The van der Waals surface area contributed by atoms with Gasteiger partial charge in [-0.15, -0.1) is 0 Å². The molecule has 1 heterocycles. The highest BCUT2D eigenvalue weighted by Crippen LogP contribution is 2.44. The van der Waals surface area contributed by atoms with E-state index >= 15 is 0 Å². The lowest BCUT2D eigenvalue weighted by atomic mass is 9.72. The van der Waals surface area contributed by atoms with E-state index in [2.05, 4.69) is 37.4 Å². The fraction of sp³-hybridized carbons (Fsp3) is 0.538. The summed E-state index contributed by atoms with van der Waals surface area (Å²) >= 11 is 0. The van der Waals surface area contributed by atoms with Crippen molar-refractivity contribution in [2.75, 3.05) is 7.11 Å². The monoisotopic (exact) mass is 203 g/mol. The maximum Gasteiger partial charge on any atom is 0.119 e. The van der Waals surface area contributed by atoms with Crippen molar-refractivity contribution >= 4 is 0 Å². The second kappa shape index (κ2) is 2.76. The van der Waals surface area contributed by atoms with Crippen LogP contribution in [0.2, 0.25) is 0 Å². The molecule has 0 radical (unpaired) electrons. The van der Waals surface area contributed by atoms with Crippen molar-refractivity contribution in [1.29, 1.82) is 0 Å². The molecular weight excluding hydrogens is 186 g/mol. The first-order valence-electron chi connectivity index (χ1n) is 5.56. The molecule has 1 aromatic carbocycles. The van der Waals surface area contributed by atoms with Gasteiger partial charge in [0.15, 0.2) is 0 Å². The Balaban J connectivity index is 2.12.